The molecular weight excluding hydrogens is 384 g/mol. The molecule has 28 heavy (non-hydrogen) atoms. The second-order valence-corrected chi connectivity index (χ2v) is 5.09. The number of rotatable bonds is 12. The summed E-state index contributed by atoms with van der Waals surface area (Å²) in [7, 11) is 0. The van der Waals surface area contributed by atoms with E-state index in [1.54, 1.807) is 0 Å². The maximum Gasteiger partial charge on any atom is 0.331 e. The maximum atomic E-state index is 10.9. The van der Waals surface area contributed by atoms with E-state index in [1.807, 2.05) is 0 Å². The molecule has 0 aliphatic heterocycles. The normalized spacial score (nSPS) is 17.5. The average molecular weight is 402 g/mol. The molecule has 0 rings (SSSR count). The molecule has 0 aromatic carbocycles. The Hall–Kier alpha value is -3.48. The summed E-state index contributed by atoms with van der Waals surface area (Å²) in [5, 5.41) is 65.3. The lowest BCUT2D eigenvalue weighted by Gasteiger charge is -2.43. The zero-order valence-corrected chi connectivity index (χ0v) is 14.1. The van der Waals surface area contributed by atoms with Gasteiger partial charge >= 0.3 is 23.9 Å². The van der Waals surface area contributed by atoms with Crippen LogP contribution in [0.15, 0.2) is 48.8 Å². The largest absolute Gasteiger partial charge is 0.483 e. The van der Waals surface area contributed by atoms with Gasteiger partial charge in [-0.2, -0.15) is 0 Å². The summed E-state index contributed by atoms with van der Waals surface area (Å²) in [6.45, 7) is -1.20. The molecule has 12 heteroatoms. The minimum atomic E-state index is -2.96. The van der Waals surface area contributed by atoms with Gasteiger partial charge in [-0.05, 0) is 18.2 Å². The highest BCUT2D eigenvalue weighted by Crippen LogP contribution is 2.35. The summed E-state index contributed by atoms with van der Waals surface area (Å²) in [4.78, 5) is 43.3. The van der Waals surface area contributed by atoms with Gasteiger partial charge in [-0.25, -0.2) is 19.2 Å². The van der Waals surface area contributed by atoms with E-state index >= 15 is 0 Å². The molecule has 12 nitrogen and oxygen atoms in total. The molecule has 0 saturated heterocycles. The fourth-order valence-electron chi connectivity index (χ4n) is 1.93. The lowest BCUT2D eigenvalue weighted by Crippen LogP contribution is -2.60. The molecule has 0 amide bonds. The van der Waals surface area contributed by atoms with Gasteiger partial charge in [0.1, 0.15) is 6.10 Å². The third-order valence-electron chi connectivity index (χ3n) is 3.21. The Morgan fingerprint density at radius 3 is 1.54 bits per heavy atom. The molecule has 0 heterocycles. The molecule has 0 radical (unpaired) electrons. The van der Waals surface area contributed by atoms with Crippen molar-refractivity contribution in [1.82, 2.24) is 0 Å². The summed E-state index contributed by atoms with van der Waals surface area (Å²) in [5.74, 6) is -6.38. The predicted octanol–water partition coefficient (Wildman–Crippen LogP) is -1.65. The van der Waals surface area contributed by atoms with Crippen LogP contribution >= 0.6 is 0 Å². The fraction of sp³-hybridized carbons (Fsp3) is 0.250. The van der Waals surface area contributed by atoms with Gasteiger partial charge in [0.25, 0.3) is 0 Å². The van der Waals surface area contributed by atoms with Crippen molar-refractivity contribution >= 4 is 23.9 Å². The molecule has 0 aliphatic carbocycles. The summed E-state index contributed by atoms with van der Waals surface area (Å²) in [6, 6.07) is 0. The van der Waals surface area contributed by atoms with Gasteiger partial charge in [-0.1, -0.05) is 0 Å². The summed E-state index contributed by atoms with van der Waals surface area (Å²) in [5.41, 5.74) is -5.62. The van der Waals surface area contributed by atoms with Crippen molar-refractivity contribution in [2.45, 2.75) is 17.3 Å². The van der Waals surface area contributed by atoms with E-state index < -0.39 is 47.8 Å². The van der Waals surface area contributed by atoms with Gasteiger partial charge in [-0.3, -0.25) is 0 Å². The average Bonchev–Trinajstić information content (AvgIpc) is 2.60. The number of aliphatic hydroxyl groups excluding tert-OH is 2. The van der Waals surface area contributed by atoms with E-state index in [4.69, 9.17) is 25.2 Å². The number of carbonyl (C=O) groups is 4. The quantitative estimate of drug-likeness (QED) is 0.144. The summed E-state index contributed by atoms with van der Waals surface area (Å²) < 4.78 is 5.03. The summed E-state index contributed by atoms with van der Waals surface area (Å²) in [6.07, 6.45) is 1.14. The first-order chi connectivity index (χ1) is 12.9. The minimum Gasteiger partial charge on any atom is -0.483 e. The monoisotopic (exact) mass is 402 g/mol. The van der Waals surface area contributed by atoms with Crippen molar-refractivity contribution in [3.05, 3.63) is 48.8 Å². The maximum absolute atomic E-state index is 10.9. The van der Waals surface area contributed by atoms with Crippen LogP contribution in [0.3, 0.4) is 0 Å². The highest BCUT2D eigenvalue weighted by Gasteiger charge is 2.52. The number of aliphatic carboxylic acids is 4. The molecule has 0 unspecified atom stereocenters. The molecule has 0 aromatic heterocycles. The van der Waals surface area contributed by atoms with Crippen molar-refractivity contribution in [1.29, 1.82) is 0 Å². The number of carboxylic acid groups (broad SMARTS) is 4. The van der Waals surface area contributed by atoms with E-state index in [-0.39, 0.29) is 0 Å². The van der Waals surface area contributed by atoms with Crippen LogP contribution in [0.5, 0.6) is 0 Å². The van der Waals surface area contributed by atoms with Crippen LogP contribution in [0.25, 0.3) is 0 Å². The summed E-state index contributed by atoms with van der Waals surface area (Å²) >= 11 is 0. The Morgan fingerprint density at radius 1 is 0.786 bits per heavy atom. The fourth-order valence-corrected chi connectivity index (χ4v) is 1.93. The van der Waals surface area contributed by atoms with Crippen molar-refractivity contribution in [2.75, 3.05) is 6.61 Å². The van der Waals surface area contributed by atoms with Crippen LogP contribution in [0, 0.1) is 0 Å². The topological polar surface area (TPSA) is 219 Å². The standard InChI is InChI=1S/C16H18O12/c17-9-10(18)16(27,7-3-13(23)24)15(5-1-11(19)20,6-2-12(21)22)28-8-4-14(25)26/h1-8,10,17-18,27H,9H2,(H,19,20)(H,21,22)(H,23,24)(H,25,26)/t10-,15?,16-/m1/s1. The van der Waals surface area contributed by atoms with Crippen LogP contribution in [0.1, 0.15) is 0 Å². The lowest BCUT2D eigenvalue weighted by atomic mass is 9.77. The number of hydrogen-bond acceptors (Lipinski definition) is 8. The van der Waals surface area contributed by atoms with Crippen molar-refractivity contribution in [3.63, 3.8) is 0 Å². The molecule has 0 fully saturated rings. The zero-order chi connectivity index (χ0) is 22.0. The van der Waals surface area contributed by atoms with Crippen LogP contribution in [-0.2, 0) is 23.9 Å². The molecule has 0 spiro atoms. The SMILES string of the molecule is O=C(O)C=COC(C=CC(=O)O)(C=CC(=O)O)[C@@](O)(C=CC(=O)O)[C@H](O)CO. The van der Waals surface area contributed by atoms with Crippen LogP contribution < -0.4 is 0 Å². The number of aliphatic hydroxyl groups is 3. The Labute approximate surface area is 157 Å². The zero-order valence-electron chi connectivity index (χ0n) is 14.1. The van der Waals surface area contributed by atoms with E-state index in [0.29, 0.717) is 48.8 Å². The van der Waals surface area contributed by atoms with Gasteiger partial charge in [0.15, 0.2) is 11.2 Å². The highest BCUT2D eigenvalue weighted by molar-refractivity contribution is 5.82. The van der Waals surface area contributed by atoms with Gasteiger partial charge in [0.05, 0.1) is 18.9 Å². The molecular formula is C16H18O12. The van der Waals surface area contributed by atoms with Crippen LogP contribution in [0.4, 0.5) is 0 Å². The van der Waals surface area contributed by atoms with Gasteiger partial charge < -0.3 is 40.5 Å². The Bertz CT molecular complexity index is 693. The first kappa shape index (κ1) is 24.5. The van der Waals surface area contributed by atoms with Crippen LogP contribution in [0.2, 0.25) is 0 Å². The first-order valence-electron chi connectivity index (χ1n) is 7.25. The van der Waals surface area contributed by atoms with Crippen molar-refractivity contribution in [2.24, 2.45) is 0 Å². The van der Waals surface area contributed by atoms with Crippen LogP contribution in [-0.4, -0.2) is 83.5 Å². The molecule has 0 aromatic rings. The molecule has 0 bridgehead atoms. The van der Waals surface area contributed by atoms with Crippen molar-refractivity contribution in [3.8, 4) is 0 Å². The molecule has 0 aliphatic rings. The van der Waals surface area contributed by atoms with E-state index in [2.05, 4.69) is 0 Å². The lowest BCUT2D eigenvalue weighted by molar-refractivity contribution is -0.149. The third kappa shape index (κ3) is 7.03. The molecule has 0 saturated carbocycles. The minimum absolute atomic E-state index is 0.321. The van der Waals surface area contributed by atoms with Gasteiger partial charge in [0, 0.05) is 18.2 Å². The molecule has 7 N–H and O–H groups in total. The Balaban J connectivity index is 6.86. The van der Waals surface area contributed by atoms with E-state index in [0.717, 1.165) is 0 Å². The molecule has 154 valence electrons. The van der Waals surface area contributed by atoms with E-state index in [1.165, 1.54) is 0 Å². The third-order valence-corrected chi connectivity index (χ3v) is 3.21. The van der Waals surface area contributed by atoms with Crippen molar-refractivity contribution < 1.29 is 59.7 Å². The Kier molecular flexibility index (Phi) is 9.30. The molecule has 2 atom stereocenters. The van der Waals surface area contributed by atoms with E-state index in [9.17, 15) is 34.5 Å². The Morgan fingerprint density at radius 2 is 1.18 bits per heavy atom. The number of hydrogen-bond donors (Lipinski definition) is 7. The highest BCUT2D eigenvalue weighted by atomic mass is 16.5. The number of ether oxygens (including phenoxy) is 1. The predicted molar refractivity (Wildman–Crippen MR) is 89.0 cm³/mol. The first-order valence-corrected chi connectivity index (χ1v) is 7.25. The number of carboxylic acids is 4. The van der Waals surface area contributed by atoms with Gasteiger partial charge in [-0.15, -0.1) is 0 Å². The smallest absolute Gasteiger partial charge is 0.331 e. The van der Waals surface area contributed by atoms with Gasteiger partial charge in [0.2, 0.25) is 0 Å². The second kappa shape index (κ2) is 10.6. The second-order valence-electron chi connectivity index (χ2n) is 5.09.